The number of aliphatic hydroxyl groups excluding tert-OH is 1. The predicted octanol–water partition coefficient (Wildman–Crippen LogP) is 2.50. The fourth-order valence-corrected chi connectivity index (χ4v) is 2.78. The van der Waals surface area contributed by atoms with Crippen molar-refractivity contribution >= 4 is 0 Å². The van der Waals surface area contributed by atoms with E-state index in [0.29, 0.717) is 19.1 Å². The number of aliphatic hydroxyl groups is 1. The van der Waals surface area contributed by atoms with Gasteiger partial charge in [-0.15, -0.1) is 0 Å². The Morgan fingerprint density at radius 3 is 2.72 bits per heavy atom. The van der Waals surface area contributed by atoms with Crippen LogP contribution < -0.4 is 0 Å². The van der Waals surface area contributed by atoms with Crippen molar-refractivity contribution in [2.75, 3.05) is 6.54 Å². The first-order valence-electron chi connectivity index (χ1n) is 6.98. The molecule has 0 aromatic carbocycles. The van der Waals surface area contributed by atoms with Crippen molar-refractivity contribution in [1.29, 1.82) is 0 Å². The molecule has 0 spiro atoms. The van der Waals surface area contributed by atoms with Crippen molar-refractivity contribution in [3.05, 3.63) is 17.8 Å². The van der Waals surface area contributed by atoms with Gasteiger partial charge in [0.1, 0.15) is 5.76 Å². The van der Waals surface area contributed by atoms with E-state index in [1.54, 1.807) is 6.20 Å². The van der Waals surface area contributed by atoms with Crippen LogP contribution in [0.1, 0.15) is 50.7 Å². The zero-order chi connectivity index (χ0) is 13.0. The van der Waals surface area contributed by atoms with E-state index in [-0.39, 0.29) is 6.10 Å². The lowest BCUT2D eigenvalue weighted by Gasteiger charge is -2.34. The molecule has 2 rings (SSSR count). The fourth-order valence-electron chi connectivity index (χ4n) is 2.78. The molecule has 0 radical (unpaired) electrons. The number of rotatable bonds is 5. The summed E-state index contributed by atoms with van der Waals surface area (Å²) in [6, 6.07) is 0.570. The summed E-state index contributed by atoms with van der Waals surface area (Å²) >= 11 is 0. The molecule has 1 fully saturated rings. The molecule has 1 saturated carbocycles. The number of aryl methyl sites for hydroxylation is 1. The molecule has 1 heterocycles. The lowest BCUT2D eigenvalue weighted by atomic mass is 9.94. The molecule has 4 heteroatoms. The summed E-state index contributed by atoms with van der Waals surface area (Å²) in [5, 5.41) is 9.64. The molecule has 0 aliphatic heterocycles. The third kappa shape index (κ3) is 3.82. The lowest BCUT2D eigenvalue weighted by molar-refractivity contribution is 0.0703. The molecule has 0 amide bonds. The Bertz CT molecular complexity index is 356. The number of nitrogens with zero attached hydrogens (tertiary/aromatic N) is 2. The Kier molecular flexibility index (Phi) is 4.78. The van der Waals surface area contributed by atoms with Gasteiger partial charge in [0.05, 0.1) is 18.8 Å². The van der Waals surface area contributed by atoms with Crippen LogP contribution in [-0.4, -0.2) is 33.7 Å². The summed E-state index contributed by atoms with van der Waals surface area (Å²) in [5.41, 5.74) is 0. The molecule has 4 nitrogen and oxygen atoms in total. The van der Waals surface area contributed by atoms with Crippen LogP contribution in [0.25, 0.3) is 0 Å². The molecule has 0 saturated heterocycles. The van der Waals surface area contributed by atoms with Gasteiger partial charge < -0.3 is 9.52 Å². The van der Waals surface area contributed by atoms with Crippen molar-refractivity contribution in [3.63, 3.8) is 0 Å². The minimum Gasteiger partial charge on any atom is -0.445 e. The summed E-state index contributed by atoms with van der Waals surface area (Å²) in [6.45, 7) is 5.17. The highest BCUT2D eigenvalue weighted by Crippen LogP contribution is 2.24. The van der Waals surface area contributed by atoms with Gasteiger partial charge in [-0.25, -0.2) is 4.98 Å². The van der Waals surface area contributed by atoms with Gasteiger partial charge in [0.15, 0.2) is 0 Å². The first-order valence-corrected chi connectivity index (χ1v) is 6.98. The van der Waals surface area contributed by atoms with Crippen LogP contribution in [0.5, 0.6) is 0 Å². The largest absolute Gasteiger partial charge is 0.445 e. The van der Waals surface area contributed by atoms with Gasteiger partial charge in [-0.05, 0) is 26.7 Å². The highest BCUT2D eigenvalue weighted by molar-refractivity contribution is 4.92. The van der Waals surface area contributed by atoms with Crippen LogP contribution >= 0.6 is 0 Å². The lowest BCUT2D eigenvalue weighted by Crippen LogP contribution is -2.40. The third-order valence-corrected chi connectivity index (χ3v) is 3.60. The summed E-state index contributed by atoms with van der Waals surface area (Å²) < 4.78 is 5.55. The first kappa shape index (κ1) is 13.6. The molecule has 1 unspecified atom stereocenters. The highest BCUT2D eigenvalue weighted by atomic mass is 16.4. The van der Waals surface area contributed by atoms with Gasteiger partial charge >= 0.3 is 0 Å². The van der Waals surface area contributed by atoms with Gasteiger partial charge in [-0.1, -0.05) is 19.3 Å². The Labute approximate surface area is 109 Å². The van der Waals surface area contributed by atoms with E-state index in [1.807, 2.05) is 13.8 Å². The first-order chi connectivity index (χ1) is 8.65. The second kappa shape index (κ2) is 6.34. The average molecular weight is 252 g/mol. The molecule has 1 aromatic heterocycles. The molecular weight excluding hydrogens is 228 g/mol. The van der Waals surface area contributed by atoms with Gasteiger partial charge in [-0.3, -0.25) is 4.90 Å². The van der Waals surface area contributed by atoms with E-state index < -0.39 is 0 Å². The van der Waals surface area contributed by atoms with Crippen LogP contribution in [0.2, 0.25) is 0 Å². The van der Waals surface area contributed by atoms with Crippen LogP contribution in [0.4, 0.5) is 0 Å². The van der Waals surface area contributed by atoms with Gasteiger partial charge in [0.25, 0.3) is 0 Å². The standard InChI is InChI=1S/C14H24N2O2/c1-11(17)9-16(13-6-4-3-5-7-13)10-14-15-8-12(2)18-14/h8,11,13,17H,3-7,9-10H2,1-2H3. The SMILES string of the molecule is Cc1cnc(CN(CC(C)O)C2CCCCC2)o1. The third-order valence-electron chi connectivity index (χ3n) is 3.60. The normalized spacial score (nSPS) is 19.3. The molecule has 1 aliphatic carbocycles. The summed E-state index contributed by atoms with van der Waals surface area (Å²) in [4.78, 5) is 6.60. The fraction of sp³-hybridized carbons (Fsp3) is 0.786. The summed E-state index contributed by atoms with van der Waals surface area (Å²) in [6.07, 6.45) is 7.85. The molecule has 1 aliphatic rings. The van der Waals surface area contributed by atoms with E-state index in [4.69, 9.17) is 4.42 Å². The van der Waals surface area contributed by atoms with E-state index in [0.717, 1.165) is 11.7 Å². The second-order valence-corrected chi connectivity index (χ2v) is 5.43. The predicted molar refractivity (Wildman–Crippen MR) is 70.2 cm³/mol. The summed E-state index contributed by atoms with van der Waals surface area (Å²) in [7, 11) is 0. The van der Waals surface area contributed by atoms with Crippen molar-refractivity contribution in [3.8, 4) is 0 Å². The van der Waals surface area contributed by atoms with Crippen molar-refractivity contribution in [2.45, 2.75) is 64.6 Å². The van der Waals surface area contributed by atoms with Gasteiger partial charge in [-0.2, -0.15) is 0 Å². The highest BCUT2D eigenvalue weighted by Gasteiger charge is 2.23. The zero-order valence-electron chi connectivity index (χ0n) is 11.4. The number of hydrogen-bond acceptors (Lipinski definition) is 4. The van der Waals surface area contributed by atoms with E-state index in [1.165, 1.54) is 32.1 Å². The van der Waals surface area contributed by atoms with Crippen molar-refractivity contribution < 1.29 is 9.52 Å². The number of aromatic nitrogens is 1. The van der Waals surface area contributed by atoms with Crippen molar-refractivity contribution in [2.24, 2.45) is 0 Å². The molecule has 1 N–H and O–H groups in total. The smallest absolute Gasteiger partial charge is 0.208 e. The molecule has 0 bridgehead atoms. The maximum atomic E-state index is 9.64. The van der Waals surface area contributed by atoms with Gasteiger partial charge in [0.2, 0.25) is 5.89 Å². The number of oxazole rings is 1. The summed E-state index contributed by atoms with van der Waals surface area (Å²) in [5.74, 6) is 1.62. The quantitative estimate of drug-likeness (QED) is 0.874. The maximum Gasteiger partial charge on any atom is 0.208 e. The Balaban J connectivity index is 1.99. The van der Waals surface area contributed by atoms with Crippen LogP contribution in [-0.2, 0) is 6.54 Å². The molecule has 102 valence electrons. The topological polar surface area (TPSA) is 49.5 Å². The molecular formula is C14H24N2O2. The maximum absolute atomic E-state index is 9.64. The van der Waals surface area contributed by atoms with Gasteiger partial charge in [0, 0.05) is 12.6 Å². The minimum atomic E-state index is -0.303. The number of hydrogen-bond donors (Lipinski definition) is 1. The van der Waals surface area contributed by atoms with Crippen LogP contribution in [0.3, 0.4) is 0 Å². The van der Waals surface area contributed by atoms with Crippen LogP contribution in [0, 0.1) is 6.92 Å². The van der Waals surface area contributed by atoms with E-state index in [2.05, 4.69) is 9.88 Å². The van der Waals surface area contributed by atoms with E-state index >= 15 is 0 Å². The average Bonchev–Trinajstić information content (AvgIpc) is 2.75. The van der Waals surface area contributed by atoms with Crippen molar-refractivity contribution in [1.82, 2.24) is 9.88 Å². The zero-order valence-corrected chi connectivity index (χ0v) is 11.4. The monoisotopic (exact) mass is 252 g/mol. The van der Waals surface area contributed by atoms with Crippen LogP contribution in [0.15, 0.2) is 10.6 Å². The molecule has 18 heavy (non-hydrogen) atoms. The molecule has 1 atom stereocenters. The minimum absolute atomic E-state index is 0.303. The van der Waals surface area contributed by atoms with E-state index in [9.17, 15) is 5.11 Å². The second-order valence-electron chi connectivity index (χ2n) is 5.43. The Hall–Kier alpha value is -0.870. The Morgan fingerprint density at radius 2 is 2.17 bits per heavy atom. The Morgan fingerprint density at radius 1 is 1.44 bits per heavy atom. The molecule has 1 aromatic rings.